The standard InChI is InChI=1S/C14H12Br2O2S/c15-11-7-12(19-14(11)16)13(17)8-2-1-3-10(6-8)18-9-4-5-9/h1-3,6-7,9,13,17H,4-5H2. The molecule has 1 aliphatic rings. The SMILES string of the molecule is OC(c1cccc(OC2CC2)c1)c1cc(Br)c(Br)s1. The van der Waals surface area contributed by atoms with Crippen LogP contribution in [0.5, 0.6) is 5.75 Å². The molecule has 5 heteroatoms. The smallest absolute Gasteiger partial charge is 0.120 e. The minimum Gasteiger partial charge on any atom is -0.490 e. The van der Waals surface area contributed by atoms with Gasteiger partial charge in [0.15, 0.2) is 0 Å². The fourth-order valence-corrected chi connectivity index (χ4v) is 3.90. The summed E-state index contributed by atoms with van der Waals surface area (Å²) >= 11 is 8.42. The number of ether oxygens (including phenoxy) is 1. The van der Waals surface area contributed by atoms with Gasteiger partial charge in [0.1, 0.15) is 11.9 Å². The lowest BCUT2D eigenvalue weighted by molar-refractivity contribution is 0.223. The van der Waals surface area contributed by atoms with Crippen molar-refractivity contribution in [3.8, 4) is 5.75 Å². The van der Waals surface area contributed by atoms with Gasteiger partial charge in [0.25, 0.3) is 0 Å². The van der Waals surface area contributed by atoms with Gasteiger partial charge in [-0.25, -0.2) is 0 Å². The van der Waals surface area contributed by atoms with Crippen molar-refractivity contribution in [2.75, 3.05) is 0 Å². The lowest BCUT2D eigenvalue weighted by atomic mass is 10.1. The highest BCUT2D eigenvalue weighted by Gasteiger charge is 2.24. The fourth-order valence-electron chi connectivity index (χ4n) is 1.80. The average Bonchev–Trinajstić information content (AvgIpc) is 3.15. The summed E-state index contributed by atoms with van der Waals surface area (Å²) in [6.07, 6.45) is 2.03. The summed E-state index contributed by atoms with van der Waals surface area (Å²) in [7, 11) is 0. The molecule has 0 amide bonds. The predicted molar refractivity (Wildman–Crippen MR) is 83.9 cm³/mol. The molecule has 2 nitrogen and oxygen atoms in total. The van der Waals surface area contributed by atoms with E-state index in [0.717, 1.165) is 37.3 Å². The van der Waals surface area contributed by atoms with Crippen LogP contribution in [0.25, 0.3) is 0 Å². The molecule has 1 atom stereocenters. The monoisotopic (exact) mass is 402 g/mol. The van der Waals surface area contributed by atoms with Gasteiger partial charge in [0.05, 0.1) is 9.89 Å². The Morgan fingerprint density at radius 1 is 1.26 bits per heavy atom. The molecular formula is C14H12Br2O2S. The Morgan fingerprint density at radius 3 is 2.68 bits per heavy atom. The number of thiophene rings is 1. The number of hydrogen-bond acceptors (Lipinski definition) is 3. The van der Waals surface area contributed by atoms with E-state index in [0.29, 0.717) is 6.10 Å². The molecule has 1 unspecified atom stereocenters. The Hall–Kier alpha value is -0.360. The summed E-state index contributed by atoms with van der Waals surface area (Å²) in [6.45, 7) is 0. The van der Waals surface area contributed by atoms with Gasteiger partial charge < -0.3 is 9.84 Å². The molecule has 1 aliphatic carbocycles. The quantitative estimate of drug-likeness (QED) is 0.786. The first kappa shape index (κ1) is 13.6. The molecular weight excluding hydrogens is 392 g/mol. The largest absolute Gasteiger partial charge is 0.490 e. The summed E-state index contributed by atoms with van der Waals surface area (Å²) in [4.78, 5) is 0.905. The first-order chi connectivity index (χ1) is 9.13. The Morgan fingerprint density at radius 2 is 2.05 bits per heavy atom. The lowest BCUT2D eigenvalue weighted by Gasteiger charge is -2.11. The summed E-state index contributed by atoms with van der Waals surface area (Å²) in [5.41, 5.74) is 0.861. The zero-order valence-electron chi connectivity index (χ0n) is 9.98. The molecule has 3 rings (SSSR count). The normalized spacial score (nSPS) is 16.4. The van der Waals surface area contributed by atoms with E-state index in [-0.39, 0.29) is 0 Å². The third-order valence-corrected chi connectivity index (χ3v) is 6.24. The molecule has 1 aromatic carbocycles. The van der Waals surface area contributed by atoms with Crippen molar-refractivity contribution in [3.05, 3.63) is 49.0 Å². The highest BCUT2D eigenvalue weighted by Crippen LogP contribution is 2.38. The number of aliphatic hydroxyl groups excluding tert-OH is 1. The molecule has 2 aromatic rings. The van der Waals surface area contributed by atoms with E-state index >= 15 is 0 Å². The summed E-state index contributed by atoms with van der Waals surface area (Å²) in [6, 6.07) is 9.65. The molecule has 100 valence electrons. The zero-order valence-corrected chi connectivity index (χ0v) is 14.0. The molecule has 19 heavy (non-hydrogen) atoms. The Kier molecular flexibility index (Phi) is 3.98. The van der Waals surface area contributed by atoms with Crippen LogP contribution < -0.4 is 4.74 Å². The number of hydrogen-bond donors (Lipinski definition) is 1. The molecule has 1 heterocycles. The van der Waals surface area contributed by atoms with Crippen molar-refractivity contribution in [1.29, 1.82) is 0 Å². The lowest BCUT2D eigenvalue weighted by Crippen LogP contribution is -2.00. The second-order valence-electron chi connectivity index (χ2n) is 4.56. The van der Waals surface area contributed by atoms with Gasteiger partial charge in [-0.15, -0.1) is 11.3 Å². The maximum absolute atomic E-state index is 10.4. The van der Waals surface area contributed by atoms with Crippen molar-refractivity contribution in [3.63, 3.8) is 0 Å². The second kappa shape index (κ2) is 5.56. The van der Waals surface area contributed by atoms with Crippen molar-refractivity contribution < 1.29 is 9.84 Å². The van der Waals surface area contributed by atoms with E-state index in [1.54, 1.807) is 0 Å². The molecule has 1 saturated carbocycles. The van der Waals surface area contributed by atoms with Crippen LogP contribution in [0.4, 0.5) is 0 Å². The minimum atomic E-state index is -0.615. The maximum Gasteiger partial charge on any atom is 0.120 e. The number of rotatable bonds is 4. The Labute approximate surface area is 132 Å². The van der Waals surface area contributed by atoms with E-state index < -0.39 is 6.10 Å². The highest BCUT2D eigenvalue weighted by atomic mass is 79.9. The van der Waals surface area contributed by atoms with Crippen LogP contribution in [0, 0.1) is 0 Å². The van der Waals surface area contributed by atoms with E-state index in [4.69, 9.17) is 4.74 Å². The van der Waals surface area contributed by atoms with Gasteiger partial charge >= 0.3 is 0 Å². The topological polar surface area (TPSA) is 29.5 Å². The number of halogens is 2. The Bertz CT molecular complexity index is 573. The van der Waals surface area contributed by atoms with Gasteiger partial charge in [-0.05, 0) is 68.5 Å². The van der Waals surface area contributed by atoms with Crippen LogP contribution in [-0.2, 0) is 0 Å². The van der Waals surface area contributed by atoms with Gasteiger partial charge in [0, 0.05) is 9.35 Å². The molecule has 0 saturated heterocycles. The molecule has 0 spiro atoms. The first-order valence-electron chi connectivity index (χ1n) is 6.03. The van der Waals surface area contributed by atoms with Crippen LogP contribution in [0.3, 0.4) is 0 Å². The average molecular weight is 404 g/mol. The molecule has 1 N–H and O–H groups in total. The summed E-state index contributed by atoms with van der Waals surface area (Å²) in [5, 5.41) is 10.4. The minimum absolute atomic E-state index is 0.373. The van der Waals surface area contributed by atoms with Crippen LogP contribution >= 0.6 is 43.2 Å². The van der Waals surface area contributed by atoms with Gasteiger partial charge in [-0.2, -0.15) is 0 Å². The van der Waals surface area contributed by atoms with Crippen molar-refractivity contribution in [2.24, 2.45) is 0 Å². The third-order valence-electron chi connectivity index (χ3n) is 2.93. The summed E-state index contributed by atoms with van der Waals surface area (Å²) in [5.74, 6) is 0.841. The van der Waals surface area contributed by atoms with Gasteiger partial charge in [-0.1, -0.05) is 12.1 Å². The molecule has 1 fully saturated rings. The highest BCUT2D eigenvalue weighted by molar-refractivity contribution is 9.13. The fraction of sp³-hybridized carbons (Fsp3) is 0.286. The molecule has 0 aliphatic heterocycles. The Balaban J connectivity index is 1.83. The predicted octanol–water partition coefficient (Wildman–Crippen LogP) is 4.90. The second-order valence-corrected chi connectivity index (χ2v) is 7.82. The summed E-state index contributed by atoms with van der Waals surface area (Å²) < 4.78 is 7.72. The van der Waals surface area contributed by atoms with Crippen LogP contribution in [0.1, 0.15) is 29.4 Å². The van der Waals surface area contributed by atoms with E-state index in [1.807, 2.05) is 30.3 Å². The third kappa shape index (κ3) is 3.21. The first-order valence-corrected chi connectivity index (χ1v) is 8.43. The maximum atomic E-state index is 10.4. The number of benzene rings is 1. The van der Waals surface area contributed by atoms with E-state index in [9.17, 15) is 5.11 Å². The van der Waals surface area contributed by atoms with E-state index in [2.05, 4.69) is 31.9 Å². The molecule has 0 bridgehead atoms. The van der Waals surface area contributed by atoms with Crippen LogP contribution in [0.2, 0.25) is 0 Å². The van der Waals surface area contributed by atoms with Crippen molar-refractivity contribution >= 4 is 43.2 Å². The van der Waals surface area contributed by atoms with Gasteiger partial charge in [0.2, 0.25) is 0 Å². The van der Waals surface area contributed by atoms with Crippen LogP contribution in [0.15, 0.2) is 38.6 Å². The molecule has 0 radical (unpaired) electrons. The number of aliphatic hydroxyl groups is 1. The van der Waals surface area contributed by atoms with E-state index in [1.165, 1.54) is 11.3 Å². The van der Waals surface area contributed by atoms with Crippen molar-refractivity contribution in [2.45, 2.75) is 25.0 Å². The zero-order chi connectivity index (χ0) is 13.4. The van der Waals surface area contributed by atoms with Crippen molar-refractivity contribution in [1.82, 2.24) is 0 Å². The molecule has 1 aromatic heterocycles. The van der Waals surface area contributed by atoms with Gasteiger partial charge in [-0.3, -0.25) is 0 Å². The van der Waals surface area contributed by atoms with Crippen LogP contribution in [-0.4, -0.2) is 11.2 Å².